The van der Waals surface area contributed by atoms with Crippen LogP contribution in [0.15, 0.2) is 24.7 Å². The van der Waals surface area contributed by atoms with Gasteiger partial charge in [0.05, 0.1) is 0 Å². The molecular weight excluding hydrogens is 174 g/mol. The Morgan fingerprint density at radius 3 is 2.64 bits per heavy atom. The first kappa shape index (κ1) is 10.7. The summed E-state index contributed by atoms with van der Waals surface area (Å²) in [5.74, 6) is 0.498. The molecule has 0 saturated heterocycles. The number of fused-ring (bicyclic) bond motifs is 1. The van der Waals surface area contributed by atoms with Crippen LogP contribution < -0.4 is 0 Å². The van der Waals surface area contributed by atoms with Crippen LogP contribution in [0.1, 0.15) is 39.2 Å². The number of nitrogens with zero attached hydrogens (tertiary/aromatic N) is 3. The Kier molecular flexibility index (Phi) is 3.63. The molecule has 0 N–H and O–H groups in total. The van der Waals surface area contributed by atoms with Gasteiger partial charge in [-0.05, 0) is 17.5 Å². The Morgan fingerprint density at radius 2 is 2.00 bits per heavy atom. The molecule has 0 radical (unpaired) electrons. The first-order valence-electron chi connectivity index (χ1n) is 5.07. The van der Waals surface area contributed by atoms with Gasteiger partial charge in [-0.1, -0.05) is 33.8 Å². The molecule has 2 aromatic rings. The van der Waals surface area contributed by atoms with Gasteiger partial charge in [0.15, 0.2) is 5.65 Å². The van der Waals surface area contributed by atoms with Crippen LogP contribution in [0.4, 0.5) is 0 Å². The van der Waals surface area contributed by atoms with Crippen molar-refractivity contribution in [1.29, 1.82) is 0 Å². The van der Waals surface area contributed by atoms with Crippen molar-refractivity contribution in [3.63, 3.8) is 0 Å². The van der Waals surface area contributed by atoms with Crippen LogP contribution in [0.2, 0.25) is 0 Å². The van der Waals surface area contributed by atoms with Crippen molar-refractivity contribution in [2.75, 3.05) is 0 Å². The zero-order valence-electron chi connectivity index (χ0n) is 9.23. The average Bonchev–Trinajstić information content (AvgIpc) is 2.67. The van der Waals surface area contributed by atoms with Gasteiger partial charge < -0.3 is 0 Å². The highest BCUT2D eigenvalue weighted by molar-refractivity contribution is 5.47. The van der Waals surface area contributed by atoms with Gasteiger partial charge >= 0.3 is 0 Å². The van der Waals surface area contributed by atoms with Crippen molar-refractivity contribution in [1.82, 2.24) is 14.6 Å². The molecule has 0 aliphatic carbocycles. The summed E-state index contributed by atoms with van der Waals surface area (Å²) in [5.41, 5.74) is 2.21. The zero-order valence-corrected chi connectivity index (χ0v) is 9.23. The van der Waals surface area contributed by atoms with Crippen LogP contribution in [0.5, 0.6) is 0 Å². The lowest BCUT2D eigenvalue weighted by atomic mass is 10.1. The molecule has 2 heterocycles. The molecular formula is C11H17N3. The maximum absolute atomic E-state index is 4.19. The Morgan fingerprint density at radius 1 is 1.29 bits per heavy atom. The largest absolute Gasteiger partial charge is 0.221 e. The summed E-state index contributed by atoms with van der Waals surface area (Å²) in [4.78, 5) is 4.19. The highest BCUT2D eigenvalue weighted by Gasteiger charge is 2.05. The molecule has 76 valence electrons. The van der Waals surface area contributed by atoms with E-state index < -0.39 is 0 Å². The smallest absolute Gasteiger partial charge is 0.158 e. The van der Waals surface area contributed by atoms with Crippen LogP contribution in [-0.2, 0) is 0 Å². The number of hydrogen-bond acceptors (Lipinski definition) is 2. The van der Waals surface area contributed by atoms with Crippen LogP contribution in [0, 0.1) is 0 Å². The number of aromatic nitrogens is 3. The minimum atomic E-state index is 0.498. The van der Waals surface area contributed by atoms with E-state index in [-0.39, 0.29) is 0 Å². The summed E-state index contributed by atoms with van der Waals surface area (Å²) >= 11 is 0. The fourth-order valence-electron chi connectivity index (χ4n) is 1.32. The second-order valence-electron chi connectivity index (χ2n) is 3.15. The summed E-state index contributed by atoms with van der Waals surface area (Å²) < 4.78 is 1.80. The third kappa shape index (κ3) is 1.92. The molecule has 0 saturated carbocycles. The monoisotopic (exact) mass is 191 g/mol. The predicted molar refractivity (Wildman–Crippen MR) is 58.4 cm³/mol. The minimum absolute atomic E-state index is 0.498. The lowest BCUT2D eigenvalue weighted by molar-refractivity contribution is 0.851. The molecule has 0 aliphatic rings. The van der Waals surface area contributed by atoms with E-state index in [9.17, 15) is 0 Å². The first-order valence-corrected chi connectivity index (χ1v) is 5.07. The Hall–Kier alpha value is -1.38. The van der Waals surface area contributed by atoms with Gasteiger partial charge in [-0.25, -0.2) is 9.50 Å². The number of rotatable bonds is 1. The molecule has 3 heteroatoms. The van der Waals surface area contributed by atoms with E-state index in [4.69, 9.17) is 0 Å². The Bertz CT molecular complexity index is 390. The van der Waals surface area contributed by atoms with Crippen LogP contribution >= 0.6 is 0 Å². The second-order valence-corrected chi connectivity index (χ2v) is 3.15. The lowest BCUT2D eigenvalue weighted by Gasteiger charge is -2.04. The van der Waals surface area contributed by atoms with Gasteiger partial charge in [0.2, 0.25) is 0 Å². The van der Waals surface area contributed by atoms with E-state index in [2.05, 4.69) is 30.0 Å². The molecule has 0 spiro atoms. The molecule has 0 amide bonds. The summed E-state index contributed by atoms with van der Waals surface area (Å²) in [6, 6.07) is 4.09. The lowest BCUT2D eigenvalue weighted by Crippen LogP contribution is -1.94. The number of pyridine rings is 1. The molecule has 0 fully saturated rings. The molecule has 0 atom stereocenters. The summed E-state index contributed by atoms with van der Waals surface area (Å²) in [7, 11) is 0. The first-order chi connectivity index (χ1) is 6.79. The van der Waals surface area contributed by atoms with Crippen molar-refractivity contribution in [3.8, 4) is 0 Å². The molecule has 3 nitrogen and oxygen atoms in total. The van der Waals surface area contributed by atoms with Crippen LogP contribution in [0.25, 0.3) is 5.65 Å². The number of hydrogen-bond donors (Lipinski definition) is 0. The van der Waals surface area contributed by atoms with E-state index in [1.54, 1.807) is 10.8 Å². The zero-order chi connectivity index (χ0) is 10.6. The normalized spacial score (nSPS) is 10.1. The summed E-state index contributed by atoms with van der Waals surface area (Å²) in [5, 5.41) is 4.07. The summed E-state index contributed by atoms with van der Waals surface area (Å²) in [6.45, 7) is 8.31. The quantitative estimate of drug-likeness (QED) is 0.693. The second kappa shape index (κ2) is 4.74. The van der Waals surface area contributed by atoms with Crippen molar-refractivity contribution >= 4 is 5.65 Å². The predicted octanol–water partition coefficient (Wildman–Crippen LogP) is 2.88. The highest BCUT2D eigenvalue weighted by Crippen LogP contribution is 2.17. The average molecular weight is 191 g/mol. The molecule has 0 aliphatic heterocycles. The fraction of sp³-hybridized carbons (Fsp3) is 0.455. The fourth-order valence-corrected chi connectivity index (χ4v) is 1.32. The van der Waals surface area contributed by atoms with Crippen molar-refractivity contribution in [2.45, 2.75) is 33.6 Å². The van der Waals surface area contributed by atoms with E-state index >= 15 is 0 Å². The summed E-state index contributed by atoms with van der Waals surface area (Å²) in [6.07, 6.45) is 3.50. The van der Waals surface area contributed by atoms with Gasteiger partial charge in [-0.3, -0.25) is 0 Å². The maximum Gasteiger partial charge on any atom is 0.158 e. The third-order valence-corrected chi connectivity index (χ3v) is 1.96. The topological polar surface area (TPSA) is 30.2 Å². The molecule has 0 aromatic carbocycles. The standard InChI is InChI=1S/C9H11N3.C2H6/c1-7(2)8-4-3-5-12-9(8)10-6-11-12;1-2/h3-7H,1-2H3;1-2H3. The minimum Gasteiger partial charge on any atom is -0.221 e. The molecule has 2 aromatic heterocycles. The molecule has 0 unspecified atom stereocenters. The van der Waals surface area contributed by atoms with Gasteiger partial charge in [0, 0.05) is 6.20 Å². The van der Waals surface area contributed by atoms with Crippen molar-refractivity contribution < 1.29 is 0 Å². The van der Waals surface area contributed by atoms with Crippen molar-refractivity contribution in [2.24, 2.45) is 0 Å². The van der Waals surface area contributed by atoms with Gasteiger partial charge in [-0.2, -0.15) is 5.10 Å². The SMILES string of the molecule is CC.CC(C)c1cccn2ncnc12. The maximum atomic E-state index is 4.19. The third-order valence-electron chi connectivity index (χ3n) is 1.96. The van der Waals surface area contributed by atoms with Gasteiger partial charge in [0.25, 0.3) is 0 Å². The van der Waals surface area contributed by atoms with Crippen LogP contribution in [-0.4, -0.2) is 14.6 Å². The van der Waals surface area contributed by atoms with E-state index in [1.165, 1.54) is 5.56 Å². The van der Waals surface area contributed by atoms with Gasteiger partial charge in [0.1, 0.15) is 6.33 Å². The van der Waals surface area contributed by atoms with E-state index in [0.717, 1.165) is 5.65 Å². The Labute approximate surface area is 84.8 Å². The van der Waals surface area contributed by atoms with E-state index in [1.807, 2.05) is 26.1 Å². The van der Waals surface area contributed by atoms with Crippen molar-refractivity contribution in [3.05, 3.63) is 30.2 Å². The Balaban J connectivity index is 0.000000461. The van der Waals surface area contributed by atoms with Gasteiger partial charge in [-0.15, -0.1) is 0 Å². The highest BCUT2D eigenvalue weighted by atomic mass is 15.3. The van der Waals surface area contributed by atoms with E-state index in [0.29, 0.717) is 5.92 Å². The molecule has 2 rings (SSSR count). The molecule has 0 bridgehead atoms. The molecule has 14 heavy (non-hydrogen) atoms. The van der Waals surface area contributed by atoms with Crippen LogP contribution in [0.3, 0.4) is 0 Å².